The van der Waals surface area contributed by atoms with Crippen LogP contribution in [-0.4, -0.2) is 28.8 Å². The normalized spacial score (nSPS) is 19.3. The van der Waals surface area contributed by atoms with Gasteiger partial charge in [0.25, 0.3) is 0 Å². The molecular weight excluding hydrogens is 298 g/mol. The van der Waals surface area contributed by atoms with Crippen molar-refractivity contribution in [2.24, 2.45) is 4.99 Å². The van der Waals surface area contributed by atoms with Gasteiger partial charge < -0.3 is 10.6 Å². The zero-order valence-electron chi connectivity index (χ0n) is 13.1. The van der Waals surface area contributed by atoms with Crippen molar-refractivity contribution in [1.29, 1.82) is 0 Å². The first-order valence-electron chi connectivity index (χ1n) is 7.38. The smallest absolute Gasteiger partial charge is 0.240 e. The molecule has 2 rings (SSSR count). The summed E-state index contributed by atoms with van der Waals surface area (Å²) in [6.07, 6.45) is 1.08. The van der Waals surface area contributed by atoms with Crippen LogP contribution in [0.5, 0.6) is 0 Å². The fourth-order valence-corrected chi connectivity index (χ4v) is 3.15. The Hall–Kier alpha value is -1.82. The zero-order valence-corrected chi connectivity index (χ0v) is 13.9. The molecule has 5 nitrogen and oxygen atoms in total. The van der Waals surface area contributed by atoms with Gasteiger partial charge in [-0.15, -0.1) is 0 Å². The number of aryl methyl sites for hydroxylation is 2. The predicted molar refractivity (Wildman–Crippen MR) is 91.3 cm³/mol. The number of thioether (sulfide) groups is 1. The lowest BCUT2D eigenvalue weighted by Crippen LogP contribution is -2.28. The van der Waals surface area contributed by atoms with Crippen LogP contribution in [0.1, 0.15) is 30.9 Å². The Balaban J connectivity index is 1.93. The fourth-order valence-electron chi connectivity index (χ4n) is 2.15. The predicted octanol–water partition coefficient (Wildman–Crippen LogP) is 2.63. The first-order chi connectivity index (χ1) is 10.5. The van der Waals surface area contributed by atoms with Gasteiger partial charge in [0.2, 0.25) is 11.8 Å². The van der Waals surface area contributed by atoms with E-state index in [0.717, 1.165) is 23.2 Å². The molecule has 1 aromatic rings. The van der Waals surface area contributed by atoms with Crippen molar-refractivity contribution in [2.75, 3.05) is 11.9 Å². The van der Waals surface area contributed by atoms with Crippen molar-refractivity contribution in [2.45, 2.75) is 38.9 Å². The average molecular weight is 319 g/mol. The standard InChI is InChI=1S/C16H21N3O2S/c1-4-7-17-16-19-15(21)13(22-16)9-14(20)18-12-6-5-10(2)8-11(12)3/h5-6,8,13H,4,7,9H2,1-3H3,(H,18,20)(H,17,19,21). The molecule has 2 amide bonds. The highest BCUT2D eigenvalue weighted by molar-refractivity contribution is 8.15. The van der Waals surface area contributed by atoms with Gasteiger partial charge in [0.05, 0.1) is 0 Å². The van der Waals surface area contributed by atoms with Crippen LogP contribution in [0.3, 0.4) is 0 Å². The monoisotopic (exact) mass is 319 g/mol. The number of anilines is 1. The van der Waals surface area contributed by atoms with Crippen molar-refractivity contribution < 1.29 is 9.59 Å². The maximum atomic E-state index is 12.1. The van der Waals surface area contributed by atoms with Gasteiger partial charge in [0.15, 0.2) is 5.17 Å². The molecule has 0 spiro atoms. The van der Waals surface area contributed by atoms with Crippen LogP contribution in [0.25, 0.3) is 0 Å². The van der Waals surface area contributed by atoms with Crippen molar-refractivity contribution in [3.8, 4) is 0 Å². The summed E-state index contributed by atoms with van der Waals surface area (Å²) in [4.78, 5) is 28.3. The van der Waals surface area contributed by atoms with Crippen LogP contribution in [0.4, 0.5) is 5.69 Å². The Morgan fingerprint density at radius 3 is 2.86 bits per heavy atom. The van der Waals surface area contributed by atoms with E-state index in [4.69, 9.17) is 0 Å². The van der Waals surface area contributed by atoms with Crippen molar-refractivity contribution in [1.82, 2.24) is 5.32 Å². The van der Waals surface area contributed by atoms with E-state index in [1.165, 1.54) is 11.8 Å². The number of hydrogen-bond acceptors (Lipinski definition) is 4. The third-order valence-electron chi connectivity index (χ3n) is 3.28. The summed E-state index contributed by atoms with van der Waals surface area (Å²) in [5.41, 5.74) is 2.96. The Morgan fingerprint density at radius 1 is 1.41 bits per heavy atom. The molecule has 22 heavy (non-hydrogen) atoms. The molecule has 6 heteroatoms. The number of amides is 2. The first-order valence-corrected chi connectivity index (χ1v) is 8.26. The molecule has 1 aliphatic rings. The number of aliphatic imine (C=N–C) groups is 1. The summed E-state index contributed by atoms with van der Waals surface area (Å²) in [7, 11) is 0. The Morgan fingerprint density at radius 2 is 2.18 bits per heavy atom. The molecule has 0 saturated carbocycles. The molecule has 1 unspecified atom stereocenters. The number of carbonyl (C=O) groups excluding carboxylic acids is 2. The molecule has 1 fully saturated rings. The van der Waals surface area contributed by atoms with E-state index in [1.54, 1.807) is 0 Å². The number of nitrogens with one attached hydrogen (secondary N) is 2. The second-order valence-corrected chi connectivity index (χ2v) is 6.54. The van der Waals surface area contributed by atoms with Gasteiger partial charge in [0.1, 0.15) is 5.25 Å². The van der Waals surface area contributed by atoms with Crippen molar-refractivity contribution >= 4 is 34.4 Å². The molecule has 1 aromatic carbocycles. The highest BCUT2D eigenvalue weighted by Gasteiger charge is 2.31. The summed E-state index contributed by atoms with van der Waals surface area (Å²) in [5, 5.41) is 5.81. The molecule has 1 aliphatic heterocycles. The number of nitrogens with zero attached hydrogens (tertiary/aromatic N) is 1. The molecule has 118 valence electrons. The maximum Gasteiger partial charge on any atom is 0.240 e. The van der Waals surface area contributed by atoms with E-state index in [2.05, 4.69) is 15.6 Å². The summed E-state index contributed by atoms with van der Waals surface area (Å²) >= 11 is 1.33. The minimum atomic E-state index is -0.402. The van der Waals surface area contributed by atoms with Gasteiger partial charge >= 0.3 is 0 Å². The van der Waals surface area contributed by atoms with Crippen LogP contribution in [0.2, 0.25) is 0 Å². The van der Waals surface area contributed by atoms with Crippen LogP contribution < -0.4 is 10.6 Å². The van der Waals surface area contributed by atoms with E-state index >= 15 is 0 Å². The second kappa shape index (κ2) is 7.45. The van der Waals surface area contributed by atoms with E-state index in [-0.39, 0.29) is 18.2 Å². The molecule has 1 saturated heterocycles. The van der Waals surface area contributed by atoms with Crippen LogP contribution in [-0.2, 0) is 9.59 Å². The van der Waals surface area contributed by atoms with Gasteiger partial charge in [-0.25, -0.2) is 0 Å². The number of rotatable bonds is 5. The van der Waals surface area contributed by atoms with Gasteiger partial charge in [0, 0.05) is 18.7 Å². The van der Waals surface area contributed by atoms with Gasteiger partial charge in [-0.3, -0.25) is 14.6 Å². The topological polar surface area (TPSA) is 70.6 Å². The van der Waals surface area contributed by atoms with Crippen LogP contribution >= 0.6 is 11.8 Å². The molecule has 2 N–H and O–H groups in total. The Labute approximate surface area is 135 Å². The number of benzene rings is 1. The van der Waals surface area contributed by atoms with Crippen LogP contribution in [0, 0.1) is 13.8 Å². The lowest BCUT2D eigenvalue weighted by Gasteiger charge is -2.10. The van der Waals surface area contributed by atoms with E-state index in [1.807, 2.05) is 39.0 Å². The Bertz CT molecular complexity index is 613. The van der Waals surface area contributed by atoms with Gasteiger partial charge in [-0.1, -0.05) is 36.4 Å². The lowest BCUT2D eigenvalue weighted by molar-refractivity contribution is -0.122. The molecule has 1 atom stereocenters. The molecule has 0 bridgehead atoms. The summed E-state index contributed by atoms with van der Waals surface area (Å²) in [5.74, 6) is -0.299. The highest BCUT2D eigenvalue weighted by Crippen LogP contribution is 2.23. The van der Waals surface area contributed by atoms with Crippen molar-refractivity contribution in [3.63, 3.8) is 0 Å². The minimum absolute atomic E-state index is 0.143. The van der Waals surface area contributed by atoms with Gasteiger partial charge in [-0.2, -0.15) is 0 Å². The molecule has 1 heterocycles. The van der Waals surface area contributed by atoms with E-state index < -0.39 is 5.25 Å². The number of carbonyl (C=O) groups is 2. The van der Waals surface area contributed by atoms with Crippen molar-refractivity contribution in [3.05, 3.63) is 29.3 Å². The number of amidine groups is 1. The summed E-state index contributed by atoms with van der Waals surface area (Å²) in [6, 6.07) is 5.86. The average Bonchev–Trinajstić information content (AvgIpc) is 2.80. The molecule has 0 aromatic heterocycles. The van der Waals surface area contributed by atoms with E-state index in [9.17, 15) is 9.59 Å². The molecular formula is C16H21N3O2S. The van der Waals surface area contributed by atoms with E-state index in [0.29, 0.717) is 11.7 Å². The fraction of sp³-hybridized carbons (Fsp3) is 0.438. The lowest BCUT2D eigenvalue weighted by atomic mass is 10.1. The largest absolute Gasteiger partial charge is 0.326 e. The zero-order chi connectivity index (χ0) is 16.1. The third-order valence-corrected chi connectivity index (χ3v) is 4.40. The quantitative estimate of drug-likeness (QED) is 0.876. The number of hydrogen-bond donors (Lipinski definition) is 2. The summed E-state index contributed by atoms with van der Waals surface area (Å²) in [6.45, 7) is 6.68. The highest BCUT2D eigenvalue weighted by atomic mass is 32.2. The third kappa shape index (κ3) is 4.34. The SMILES string of the molecule is CCCN=C1NC(=O)C(CC(=O)Nc2ccc(C)cc2C)S1. The Kier molecular flexibility index (Phi) is 5.60. The molecule has 0 aliphatic carbocycles. The second-order valence-electron chi connectivity index (χ2n) is 5.35. The van der Waals surface area contributed by atoms with Crippen LogP contribution in [0.15, 0.2) is 23.2 Å². The molecule has 0 radical (unpaired) electrons. The minimum Gasteiger partial charge on any atom is -0.326 e. The maximum absolute atomic E-state index is 12.1. The van der Waals surface area contributed by atoms with Gasteiger partial charge in [-0.05, 0) is 31.9 Å². The first kappa shape index (κ1) is 16.5. The summed E-state index contributed by atoms with van der Waals surface area (Å²) < 4.78 is 0.